The summed E-state index contributed by atoms with van der Waals surface area (Å²) in [5.74, 6) is 0.0437. The highest BCUT2D eigenvalue weighted by Gasteiger charge is 2.38. The van der Waals surface area contributed by atoms with Gasteiger partial charge in [0.1, 0.15) is 11.5 Å². The number of carbonyl (C=O) groups excluding carboxylic acids is 1. The lowest BCUT2D eigenvalue weighted by molar-refractivity contribution is -0.142. The molecular weight excluding hydrogens is 468 g/mol. The van der Waals surface area contributed by atoms with Gasteiger partial charge in [0.25, 0.3) is 0 Å². The first-order valence-corrected chi connectivity index (χ1v) is 11.3. The summed E-state index contributed by atoms with van der Waals surface area (Å²) in [6, 6.07) is 11.9. The number of benzene rings is 3. The van der Waals surface area contributed by atoms with Crippen LogP contribution in [0.25, 0.3) is 10.8 Å². The third-order valence-corrected chi connectivity index (χ3v) is 5.92. The number of alkyl halides is 2. The van der Waals surface area contributed by atoms with Gasteiger partial charge in [-0.1, -0.05) is 41.9 Å². The Balaban J connectivity index is 1.79. The first-order chi connectivity index (χ1) is 16.3. The molecule has 0 aromatic heterocycles. The van der Waals surface area contributed by atoms with Crippen LogP contribution < -0.4 is 14.4 Å². The van der Waals surface area contributed by atoms with Crippen molar-refractivity contribution in [1.29, 1.82) is 0 Å². The van der Waals surface area contributed by atoms with E-state index in [4.69, 9.17) is 25.8 Å². The zero-order chi connectivity index (χ0) is 24.4. The quantitative estimate of drug-likeness (QED) is 0.413. The van der Waals surface area contributed by atoms with Crippen LogP contribution in [0.1, 0.15) is 36.8 Å². The molecule has 9 heteroatoms. The van der Waals surface area contributed by atoms with Crippen molar-refractivity contribution in [2.24, 2.45) is 0 Å². The van der Waals surface area contributed by atoms with Crippen LogP contribution in [0.4, 0.5) is 14.5 Å². The molecule has 1 aliphatic rings. The Kier molecular flexibility index (Phi) is 7.09. The van der Waals surface area contributed by atoms with Crippen LogP contribution in [-0.2, 0) is 22.5 Å². The number of hydrogen-bond acceptors (Lipinski definition) is 6. The summed E-state index contributed by atoms with van der Waals surface area (Å²) in [6.07, 6.45) is -1.15. The Labute approximate surface area is 200 Å². The van der Waals surface area contributed by atoms with Crippen molar-refractivity contribution in [3.63, 3.8) is 0 Å². The van der Waals surface area contributed by atoms with Gasteiger partial charge in [-0.25, -0.2) is 0 Å². The van der Waals surface area contributed by atoms with Crippen molar-refractivity contribution >= 4 is 34.0 Å². The smallest absolute Gasteiger partial charge is 0.387 e. The zero-order valence-electron chi connectivity index (χ0n) is 18.7. The van der Waals surface area contributed by atoms with Gasteiger partial charge in [0, 0.05) is 16.3 Å². The van der Waals surface area contributed by atoms with Crippen LogP contribution in [0.3, 0.4) is 0 Å². The van der Waals surface area contributed by atoms with Crippen molar-refractivity contribution in [1.82, 2.24) is 0 Å². The van der Waals surface area contributed by atoms with Gasteiger partial charge in [0.15, 0.2) is 6.23 Å². The standard InChI is InChI=1S/C25H24ClF2NO5/c1-3-32-20(30)12-14-9-10-19(18(26)11-14)29-13-17-21(24(29)31)23(33-4-2)16-8-6-5-7-15(16)22(17)34-25(27)28/h5-11,24-25,31H,3-4,12-13H2,1-2H3. The van der Waals surface area contributed by atoms with E-state index >= 15 is 0 Å². The van der Waals surface area contributed by atoms with Gasteiger partial charge in [-0.05, 0) is 31.5 Å². The molecule has 1 N–H and O–H groups in total. The molecule has 3 aromatic rings. The van der Waals surface area contributed by atoms with Crippen molar-refractivity contribution in [3.8, 4) is 11.5 Å². The van der Waals surface area contributed by atoms with Crippen LogP contribution >= 0.6 is 11.6 Å². The largest absolute Gasteiger partial charge is 0.493 e. The number of hydrogen-bond donors (Lipinski definition) is 1. The van der Waals surface area contributed by atoms with Crippen LogP contribution in [0, 0.1) is 0 Å². The average molecular weight is 492 g/mol. The number of aliphatic hydroxyl groups excluding tert-OH is 1. The fraction of sp³-hybridized carbons (Fsp3) is 0.320. The molecule has 0 saturated heterocycles. The summed E-state index contributed by atoms with van der Waals surface area (Å²) in [5.41, 5.74) is 1.90. The molecule has 4 rings (SSSR count). The Morgan fingerprint density at radius 1 is 1.15 bits per heavy atom. The van der Waals surface area contributed by atoms with E-state index in [0.29, 0.717) is 50.5 Å². The van der Waals surface area contributed by atoms with Gasteiger partial charge in [0.05, 0.1) is 42.5 Å². The molecule has 0 aliphatic carbocycles. The number of fused-ring (bicyclic) bond motifs is 2. The van der Waals surface area contributed by atoms with Crippen LogP contribution in [0.15, 0.2) is 42.5 Å². The highest BCUT2D eigenvalue weighted by molar-refractivity contribution is 6.33. The van der Waals surface area contributed by atoms with Gasteiger partial charge in [-0.3, -0.25) is 4.79 Å². The molecule has 180 valence electrons. The van der Waals surface area contributed by atoms with Crippen LogP contribution in [0.5, 0.6) is 11.5 Å². The third-order valence-electron chi connectivity index (χ3n) is 5.61. The fourth-order valence-corrected chi connectivity index (χ4v) is 4.61. The number of aliphatic hydroxyl groups is 1. The summed E-state index contributed by atoms with van der Waals surface area (Å²) in [4.78, 5) is 13.4. The van der Waals surface area contributed by atoms with Crippen molar-refractivity contribution in [2.75, 3.05) is 18.1 Å². The minimum Gasteiger partial charge on any atom is -0.493 e. The highest BCUT2D eigenvalue weighted by Crippen LogP contribution is 2.51. The van der Waals surface area contributed by atoms with Crippen molar-refractivity contribution in [2.45, 2.75) is 39.7 Å². The summed E-state index contributed by atoms with van der Waals surface area (Å²) < 4.78 is 42.5. The maximum Gasteiger partial charge on any atom is 0.387 e. The van der Waals surface area contributed by atoms with E-state index in [1.54, 1.807) is 54.3 Å². The molecule has 3 aromatic carbocycles. The Morgan fingerprint density at radius 2 is 1.85 bits per heavy atom. The van der Waals surface area contributed by atoms with E-state index in [9.17, 15) is 18.7 Å². The van der Waals surface area contributed by atoms with Crippen LogP contribution in [-0.4, -0.2) is 30.9 Å². The molecule has 34 heavy (non-hydrogen) atoms. The van der Waals surface area contributed by atoms with Gasteiger partial charge in [-0.2, -0.15) is 8.78 Å². The molecular formula is C25H24ClF2NO5. The molecule has 1 aliphatic heterocycles. The van der Waals surface area contributed by atoms with Gasteiger partial charge in [0.2, 0.25) is 0 Å². The predicted molar refractivity (Wildman–Crippen MR) is 125 cm³/mol. The van der Waals surface area contributed by atoms with E-state index in [0.717, 1.165) is 0 Å². The molecule has 0 radical (unpaired) electrons. The number of rotatable bonds is 8. The summed E-state index contributed by atoms with van der Waals surface area (Å²) in [6.45, 7) is 1.17. The number of esters is 1. The third kappa shape index (κ3) is 4.48. The van der Waals surface area contributed by atoms with E-state index < -0.39 is 12.8 Å². The van der Waals surface area contributed by atoms with Crippen molar-refractivity contribution in [3.05, 3.63) is 64.2 Å². The molecule has 1 heterocycles. The predicted octanol–water partition coefficient (Wildman–Crippen LogP) is 5.61. The Hall–Kier alpha value is -3.10. The lowest BCUT2D eigenvalue weighted by Crippen LogP contribution is -2.21. The summed E-state index contributed by atoms with van der Waals surface area (Å²) in [5, 5.41) is 12.6. The summed E-state index contributed by atoms with van der Waals surface area (Å²) >= 11 is 6.52. The summed E-state index contributed by atoms with van der Waals surface area (Å²) in [7, 11) is 0. The Bertz CT molecular complexity index is 1220. The molecule has 0 amide bonds. The first-order valence-electron chi connectivity index (χ1n) is 10.9. The molecule has 0 bridgehead atoms. The second-order valence-electron chi connectivity index (χ2n) is 7.68. The molecule has 0 spiro atoms. The van der Waals surface area contributed by atoms with Gasteiger partial charge >= 0.3 is 12.6 Å². The molecule has 1 unspecified atom stereocenters. The molecule has 6 nitrogen and oxygen atoms in total. The lowest BCUT2D eigenvalue weighted by Gasteiger charge is -2.25. The van der Waals surface area contributed by atoms with E-state index in [2.05, 4.69) is 0 Å². The zero-order valence-corrected chi connectivity index (χ0v) is 19.4. The van der Waals surface area contributed by atoms with Gasteiger partial charge < -0.3 is 24.2 Å². The van der Waals surface area contributed by atoms with E-state index in [-0.39, 0.29) is 31.3 Å². The van der Waals surface area contributed by atoms with Gasteiger partial charge in [-0.15, -0.1) is 0 Å². The molecule has 0 fully saturated rings. The normalized spacial score (nSPS) is 15.0. The van der Waals surface area contributed by atoms with Crippen molar-refractivity contribution < 1.29 is 32.9 Å². The number of anilines is 1. The Morgan fingerprint density at radius 3 is 2.47 bits per heavy atom. The topological polar surface area (TPSA) is 68.2 Å². The van der Waals surface area contributed by atoms with E-state index in [1.807, 2.05) is 6.92 Å². The monoisotopic (exact) mass is 491 g/mol. The number of carbonyl (C=O) groups is 1. The molecule has 1 atom stereocenters. The SMILES string of the molecule is CCOC(=O)Cc1ccc(N2Cc3c(c(OCC)c4ccccc4c3OC(F)F)C2O)c(Cl)c1. The second-order valence-corrected chi connectivity index (χ2v) is 8.08. The highest BCUT2D eigenvalue weighted by atomic mass is 35.5. The minimum atomic E-state index is -3.04. The maximum absolute atomic E-state index is 13.4. The van der Waals surface area contributed by atoms with E-state index in [1.165, 1.54) is 0 Å². The number of ether oxygens (including phenoxy) is 3. The minimum absolute atomic E-state index is 0.000608. The number of nitrogens with zero attached hydrogens (tertiary/aromatic N) is 1. The second kappa shape index (κ2) is 10.0. The molecule has 0 saturated carbocycles. The maximum atomic E-state index is 13.4. The lowest BCUT2D eigenvalue weighted by atomic mass is 9.99. The number of halogens is 3. The average Bonchev–Trinajstić information content (AvgIpc) is 3.13. The first kappa shape index (κ1) is 24.0. The fourth-order valence-electron chi connectivity index (χ4n) is 4.30. The van der Waals surface area contributed by atoms with Crippen LogP contribution in [0.2, 0.25) is 5.02 Å².